The predicted octanol–water partition coefficient (Wildman–Crippen LogP) is 2.10. The zero-order valence-corrected chi connectivity index (χ0v) is 8.69. The molecule has 0 aliphatic rings. The zero-order valence-electron chi connectivity index (χ0n) is 7.10. The van der Waals surface area contributed by atoms with Gasteiger partial charge in [0.2, 0.25) is 0 Å². The average molecular weight is 229 g/mol. The van der Waals surface area contributed by atoms with E-state index in [0.29, 0.717) is 11.4 Å². The van der Waals surface area contributed by atoms with Crippen molar-refractivity contribution in [2.24, 2.45) is 0 Å². The molecule has 0 saturated carbocycles. The number of alkyl halides is 1. The largest absolute Gasteiger partial charge is 0.397 e. The lowest BCUT2D eigenvalue weighted by atomic mass is 10.0. The Kier molecular flexibility index (Phi) is 2.98. The third kappa shape index (κ3) is 1.72. The molecule has 0 spiro atoms. The van der Waals surface area contributed by atoms with Crippen molar-refractivity contribution in [2.45, 2.75) is 13.3 Å². The van der Waals surface area contributed by atoms with Crippen LogP contribution in [0.3, 0.4) is 0 Å². The first-order valence-electron chi connectivity index (χ1n) is 3.86. The van der Waals surface area contributed by atoms with Crippen LogP contribution in [0.25, 0.3) is 0 Å². The predicted molar refractivity (Wildman–Crippen MR) is 57.5 cm³/mol. The van der Waals surface area contributed by atoms with Crippen molar-refractivity contribution >= 4 is 27.3 Å². The van der Waals surface area contributed by atoms with Crippen molar-refractivity contribution in [1.82, 2.24) is 0 Å². The van der Waals surface area contributed by atoms with Gasteiger partial charge >= 0.3 is 0 Å². The first-order chi connectivity index (χ1) is 5.66. The van der Waals surface area contributed by atoms with Crippen LogP contribution in [-0.4, -0.2) is 5.33 Å². The van der Waals surface area contributed by atoms with Crippen LogP contribution in [0.15, 0.2) is 12.1 Å². The molecule has 4 N–H and O–H groups in total. The highest BCUT2D eigenvalue weighted by Crippen LogP contribution is 2.23. The Balaban J connectivity index is 3.08. The van der Waals surface area contributed by atoms with Gasteiger partial charge in [-0.2, -0.15) is 0 Å². The summed E-state index contributed by atoms with van der Waals surface area (Å²) in [5.74, 6) is 0. The normalized spacial score (nSPS) is 10.2. The molecule has 0 bridgehead atoms. The summed E-state index contributed by atoms with van der Waals surface area (Å²) in [5, 5.41) is 0.956. The second-order valence-electron chi connectivity index (χ2n) is 2.79. The van der Waals surface area contributed by atoms with Crippen LogP contribution >= 0.6 is 15.9 Å². The quantitative estimate of drug-likeness (QED) is 0.602. The highest BCUT2D eigenvalue weighted by atomic mass is 79.9. The summed E-state index contributed by atoms with van der Waals surface area (Å²) in [6, 6.07) is 3.89. The Morgan fingerprint density at radius 2 is 2.00 bits per heavy atom. The fourth-order valence-electron chi connectivity index (χ4n) is 1.17. The molecule has 0 aliphatic heterocycles. The molecule has 0 atom stereocenters. The lowest BCUT2D eigenvalue weighted by Gasteiger charge is -2.08. The van der Waals surface area contributed by atoms with Crippen molar-refractivity contribution in [2.75, 3.05) is 16.8 Å². The molecular weight excluding hydrogens is 216 g/mol. The second kappa shape index (κ2) is 3.81. The number of benzene rings is 1. The molecule has 1 rings (SSSR count). The summed E-state index contributed by atoms with van der Waals surface area (Å²) in [4.78, 5) is 0. The molecule has 1 aromatic rings. The molecule has 0 aromatic heterocycles. The van der Waals surface area contributed by atoms with Gasteiger partial charge in [-0.25, -0.2) is 0 Å². The van der Waals surface area contributed by atoms with Gasteiger partial charge in [0.05, 0.1) is 11.4 Å². The first-order valence-corrected chi connectivity index (χ1v) is 4.98. The maximum Gasteiger partial charge on any atom is 0.0580 e. The molecule has 0 heterocycles. The van der Waals surface area contributed by atoms with E-state index in [-0.39, 0.29) is 0 Å². The second-order valence-corrected chi connectivity index (χ2v) is 3.58. The van der Waals surface area contributed by atoms with Gasteiger partial charge in [-0.05, 0) is 30.5 Å². The summed E-state index contributed by atoms with van der Waals surface area (Å²) >= 11 is 3.39. The fraction of sp³-hybridized carbons (Fsp3) is 0.333. The van der Waals surface area contributed by atoms with E-state index < -0.39 is 0 Å². The number of hydrogen-bond donors (Lipinski definition) is 2. The summed E-state index contributed by atoms with van der Waals surface area (Å²) < 4.78 is 0. The Morgan fingerprint density at radius 1 is 1.33 bits per heavy atom. The number of halogens is 1. The molecule has 66 valence electrons. The maximum atomic E-state index is 5.77. The lowest BCUT2D eigenvalue weighted by Crippen LogP contribution is -2.01. The fourth-order valence-corrected chi connectivity index (χ4v) is 1.59. The van der Waals surface area contributed by atoms with Gasteiger partial charge < -0.3 is 11.5 Å². The molecule has 0 unspecified atom stereocenters. The van der Waals surface area contributed by atoms with E-state index in [1.54, 1.807) is 0 Å². The molecule has 0 fully saturated rings. The third-order valence-electron chi connectivity index (χ3n) is 2.02. The smallest absolute Gasteiger partial charge is 0.0580 e. The Morgan fingerprint density at radius 3 is 2.58 bits per heavy atom. The van der Waals surface area contributed by atoms with E-state index in [0.717, 1.165) is 17.3 Å². The van der Waals surface area contributed by atoms with Crippen molar-refractivity contribution < 1.29 is 0 Å². The number of nitrogens with two attached hydrogens (primary N) is 2. The molecule has 3 heteroatoms. The van der Waals surface area contributed by atoms with Crippen LogP contribution < -0.4 is 11.5 Å². The summed E-state index contributed by atoms with van der Waals surface area (Å²) in [6.45, 7) is 2.00. The Hall–Kier alpha value is -0.700. The molecule has 0 radical (unpaired) electrons. The lowest BCUT2D eigenvalue weighted by molar-refractivity contribution is 1.14. The van der Waals surface area contributed by atoms with Crippen LogP contribution in [0.2, 0.25) is 0 Å². The standard InChI is InChI=1S/C9H13BrN2/c1-6-7(4-5-10)2-3-8(11)9(6)12/h2-3H,4-5,11-12H2,1H3. The van der Waals surface area contributed by atoms with E-state index >= 15 is 0 Å². The van der Waals surface area contributed by atoms with Crippen molar-refractivity contribution in [1.29, 1.82) is 0 Å². The van der Waals surface area contributed by atoms with Gasteiger partial charge in [0.25, 0.3) is 0 Å². The summed E-state index contributed by atoms with van der Waals surface area (Å²) in [7, 11) is 0. The number of hydrogen-bond acceptors (Lipinski definition) is 2. The molecule has 2 nitrogen and oxygen atoms in total. The zero-order chi connectivity index (χ0) is 9.14. The maximum absolute atomic E-state index is 5.77. The van der Waals surface area contributed by atoms with E-state index in [9.17, 15) is 0 Å². The average Bonchev–Trinajstić information content (AvgIpc) is 2.07. The van der Waals surface area contributed by atoms with Crippen LogP contribution in [0.4, 0.5) is 11.4 Å². The molecule has 1 aromatic carbocycles. The monoisotopic (exact) mass is 228 g/mol. The highest BCUT2D eigenvalue weighted by molar-refractivity contribution is 9.09. The molecular formula is C9H13BrN2. The van der Waals surface area contributed by atoms with Crippen LogP contribution in [-0.2, 0) is 6.42 Å². The minimum atomic E-state index is 0.672. The summed E-state index contributed by atoms with van der Waals surface area (Å²) in [5.41, 5.74) is 15.2. The van der Waals surface area contributed by atoms with Gasteiger partial charge in [-0.1, -0.05) is 22.0 Å². The van der Waals surface area contributed by atoms with Gasteiger partial charge in [0.1, 0.15) is 0 Å². The molecule has 0 saturated heterocycles. The van der Waals surface area contributed by atoms with E-state index in [1.807, 2.05) is 19.1 Å². The number of anilines is 2. The SMILES string of the molecule is Cc1c(CCBr)ccc(N)c1N. The van der Waals surface area contributed by atoms with Crippen LogP contribution in [0.5, 0.6) is 0 Å². The number of rotatable bonds is 2. The Labute approximate surface area is 81.1 Å². The molecule has 0 aliphatic carbocycles. The van der Waals surface area contributed by atoms with Gasteiger partial charge in [0.15, 0.2) is 0 Å². The van der Waals surface area contributed by atoms with Crippen LogP contribution in [0, 0.1) is 6.92 Å². The topological polar surface area (TPSA) is 52.0 Å². The van der Waals surface area contributed by atoms with Gasteiger partial charge in [0, 0.05) is 5.33 Å². The third-order valence-corrected chi connectivity index (χ3v) is 2.42. The van der Waals surface area contributed by atoms with E-state index in [4.69, 9.17) is 11.5 Å². The Bertz CT molecular complexity index is 284. The minimum Gasteiger partial charge on any atom is -0.397 e. The van der Waals surface area contributed by atoms with E-state index in [2.05, 4.69) is 15.9 Å². The van der Waals surface area contributed by atoms with Crippen molar-refractivity contribution in [3.05, 3.63) is 23.3 Å². The summed E-state index contributed by atoms with van der Waals surface area (Å²) in [6.07, 6.45) is 0.996. The van der Waals surface area contributed by atoms with Gasteiger partial charge in [-0.3, -0.25) is 0 Å². The highest BCUT2D eigenvalue weighted by Gasteiger charge is 2.03. The first kappa shape index (κ1) is 9.39. The molecule has 12 heavy (non-hydrogen) atoms. The van der Waals surface area contributed by atoms with Crippen molar-refractivity contribution in [3.8, 4) is 0 Å². The minimum absolute atomic E-state index is 0.672. The van der Waals surface area contributed by atoms with E-state index in [1.165, 1.54) is 5.56 Å². The van der Waals surface area contributed by atoms with Crippen molar-refractivity contribution in [3.63, 3.8) is 0 Å². The number of nitrogen functional groups attached to an aromatic ring is 2. The van der Waals surface area contributed by atoms with Gasteiger partial charge in [-0.15, -0.1) is 0 Å². The van der Waals surface area contributed by atoms with Crippen LogP contribution in [0.1, 0.15) is 11.1 Å². The number of aryl methyl sites for hydroxylation is 1. The molecule has 0 amide bonds.